The highest BCUT2D eigenvalue weighted by Gasteiger charge is 2.22. The Morgan fingerprint density at radius 2 is 1.94 bits per heavy atom. The van der Waals surface area contributed by atoms with Crippen molar-refractivity contribution in [2.75, 3.05) is 57.1 Å². The number of piperazine rings is 1. The number of aromatic nitrogens is 4. The largest absolute Gasteiger partial charge is 0.461 e. The highest BCUT2D eigenvalue weighted by atomic mass is 16.6. The summed E-state index contributed by atoms with van der Waals surface area (Å²) < 4.78 is 17.0. The van der Waals surface area contributed by atoms with Crippen LogP contribution in [0.25, 0.3) is 28.5 Å². The Hall–Kier alpha value is -4.12. The zero-order valence-electron chi connectivity index (χ0n) is 18.8. The minimum Gasteiger partial charge on any atom is -0.461 e. The summed E-state index contributed by atoms with van der Waals surface area (Å²) in [7, 11) is 1.58. The van der Waals surface area contributed by atoms with Crippen LogP contribution in [0.5, 0.6) is 0 Å². The van der Waals surface area contributed by atoms with Gasteiger partial charge in [0.15, 0.2) is 11.4 Å². The molecule has 1 aliphatic heterocycles. The summed E-state index contributed by atoms with van der Waals surface area (Å²) in [5.41, 5.74) is 9.42. The molecule has 5 rings (SSSR count). The number of benzene rings is 1. The molecule has 0 aliphatic carbocycles. The molecule has 4 heterocycles. The lowest BCUT2D eigenvalue weighted by molar-refractivity contribution is 0.0705. The fourth-order valence-electron chi connectivity index (χ4n) is 3.88. The van der Waals surface area contributed by atoms with E-state index in [9.17, 15) is 4.79 Å². The molecule has 1 aliphatic rings. The average Bonchev–Trinajstić information content (AvgIpc) is 3.55. The third-order valence-electron chi connectivity index (χ3n) is 5.65. The molecule has 3 aromatic heterocycles. The number of anilines is 2. The van der Waals surface area contributed by atoms with Crippen LogP contribution in [0.15, 0.2) is 53.1 Å². The number of hydrogen-bond acceptors (Lipinski definition) is 9. The second-order valence-corrected chi connectivity index (χ2v) is 7.81. The number of furan rings is 1. The van der Waals surface area contributed by atoms with E-state index in [1.807, 2.05) is 24.3 Å². The number of ether oxygens (including phenoxy) is 2. The van der Waals surface area contributed by atoms with E-state index in [0.717, 1.165) is 11.3 Å². The van der Waals surface area contributed by atoms with Gasteiger partial charge in [-0.3, -0.25) is 0 Å². The van der Waals surface area contributed by atoms with E-state index in [2.05, 4.69) is 26.0 Å². The first kappa shape index (κ1) is 21.7. The number of fused-ring (bicyclic) bond motifs is 1. The Labute approximate surface area is 195 Å². The van der Waals surface area contributed by atoms with Crippen molar-refractivity contribution in [3.05, 3.63) is 48.7 Å². The average molecular weight is 463 g/mol. The molecule has 1 amide bonds. The number of amides is 1. The first-order valence-corrected chi connectivity index (χ1v) is 11.0. The van der Waals surface area contributed by atoms with E-state index in [1.165, 1.54) is 4.52 Å². The summed E-state index contributed by atoms with van der Waals surface area (Å²) >= 11 is 0. The standard InChI is InChI=1S/C23H25N7O4/c1-32-12-13-34-23(31)29-9-7-28(8-10-29)17-5-2-4-16(14-17)18-15-20-26-21(19-6-3-11-33-19)27-30(20)22(24)25-18/h2-6,11,14-15H,7-10,12-13H2,1H3,(H2,24,25). The molecule has 11 heteroatoms. The minimum absolute atomic E-state index is 0.240. The number of carbonyl (C=O) groups is 1. The second kappa shape index (κ2) is 9.40. The maximum atomic E-state index is 12.2. The molecule has 0 atom stereocenters. The number of carbonyl (C=O) groups excluding carboxylic acids is 1. The molecule has 0 spiro atoms. The van der Waals surface area contributed by atoms with Gasteiger partial charge in [-0.25, -0.2) is 14.8 Å². The van der Waals surface area contributed by atoms with Gasteiger partial charge in [-0.1, -0.05) is 12.1 Å². The topological polar surface area (TPSA) is 124 Å². The van der Waals surface area contributed by atoms with Gasteiger partial charge in [0.2, 0.25) is 11.8 Å². The van der Waals surface area contributed by atoms with Crippen LogP contribution < -0.4 is 10.6 Å². The minimum atomic E-state index is -0.305. The number of methoxy groups -OCH3 is 1. The first-order chi connectivity index (χ1) is 16.6. The fourth-order valence-corrected chi connectivity index (χ4v) is 3.88. The quantitative estimate of drug-likeness (QED) is 0.430. The van der Waals surface area contributed by atoms with Gasteiger partial charge in [-0.15, -0.1) is 5.10 Å². The van der Waals surface area contributed by atoms with Crippen molar-refractivity contribution in [1.82, 2.24) is 24.5 Å². The Kier molecular flexibility index (Phi) is 6.00. The van der Waals surface area contributed by atoms with E-state index in [1.54, 1.807) is 30.4 Å². The maximum Gasteiger partial charge on any atom is 0.409 e. The van der Waals surface area contributed by atoms with Gasteiger partial charge in [0.05, 0.1) is 18.6 Å². The first-order valence-electron chi connectivity index (χ1n) is 11.0. The number of nitrogens with two attached hydrogens (primary N) is 1. The molecule has 11 nitrogen and oxygen atoms in total. The van der Waals surface area contributed by atoms with Crippen LogP contribution >= 0.6 is 0 Å². The number of nitrogen functional groups attached to an aromatic ring is 1. The van der Waals surface area contributed by atoms with Crippen LogP contribution in [0.2, 0.25) is 0 Å². The van der Waals surface area contributed by atoms with Crippen LogP contribution in [-0.4, -0.2) is 77.1 Å². The van der Waals surface area contributed by atoms with Crippen molar-refractivity contribution in [2.45, 2.75) is 0 Å². The van der Waals surface area contributed by atoms with Gasteiger partial charge in [0.25, 0.3) is 0 Å². The van der Waals surface area contributed by atoms with Crippen molar-refractivity contribution >= 4 is 23.4 Å². The number of hydrogen-bond donors (Lipinski definition) is 1. The predicted octanol–water partition coefficient (Wildman–Crippen LogP) is 2.54. The monoisotopic (exact) mass is 463 g/mol. The van der Waals surface area contributed by atoms with Crippen LogP contribution in [0.4, 0.5) is 16.4 Å². The lowest BCUT2D eigenvalue weighted by Crippen LogP contribution is -2.49. The summed E-state index contributed by atoms with van der Waals surface area (Å²) in [6.07, 6.45) is 1.27. The lowest BCUT2D eigenvalue weighted by Gasteiger charge is -2.35. The Balaban J connectivity index is 1.32. The Morgan fingerprint density at radius 1 is 1.09 bits per heavy atom. The molecule has 0 unspecified atom stereocenters. The molecule has 0 bridgehead atoms. The molecule has 1 aromatic carbocycles. The Morgan fingerprint density at radius 3 is 2.71 bits per heavy atom. The molecule has 1 fully saturated rings. The van der Waals surface area contributed by atoms with E-state index < -0.39 is 0 Å². The van der Waals surface area contributed by atoms with E-state index in [-0.39, 0.29) is 18.6 Å². The van der Waals surface area contributed by atoms with Gasteiger partial charge in [-0.2, -0.15) is 4.52 Å². The van der Waals surface area contributed by atoms with Crippen LogP contribution in [0.3, 0.4) is 0 Å². The zero-order valence-corrected chi connectivity index (χ0v) is 18.8. The number of nitrogens with zero attached hydrogens (tertiary/aromatic N) is 6. The third kappa shape index (κ3) is 4.37. The molecular formula is C23H25N7O4. The van der Waals surface area contributed by atoms with Crippen molar-refractivity contribution in [1.29, 1.82) is 0 Å². The van der Waals surface area contributed by atoms with Crippen LogP contribution in [0.1, 0.15) is 0 Å². The molecule has 1 saturated heterocycles. The van der Waals surface area contributed by atoms with Gasteiger partial charge >= 0.3 is 6.09 Å². The summed E-state index contributed by atoms with van der Waals surface area (Å²) in [6, 6.07) is 13.5. The van der Waals surface area contributed by atoms with E-state index in [0.29, 0.717) is 55.7 Å². The lowest BCUT2D eigenvalue weighted by atomic mass is 10.1. The predicted molar refractivity (Wildman–Crippen MR) is 125 cm³/mol. The summed E-state index contributed by atoms with van der Waals surface area (Å²) in [5.74, 6) is 1.25. The van der Waals surface area contributed by atoms with Crippen LogP contribution in [0, 0.1) is 0 Å². The molecule has 176 valence electrons. The molecule has 2 N–H and O–H groups in total. The summed E-state index contributed by atoms with van der Waals surface area (Å²) in [5, 5.41) is 4.39. The molecule has 0 radical (unpaired) electrons. The SMILES string of the molecule is COCCOC(=O)N1CCN(c2cccc(-c3cc4nc(-c5ccco5)nn4c(N)n3)c2)CC1. The van der Waals surface area contributed by atoms with Gasteiger partial charge in [0.1, 0.15) is 6.61 Å². The summed E-state index contributed by atoms with van der Waals surface area (Å²) in [6.45, 7) is 3.22. The fraction of sp³-hybridized carbons (Fsp3) is 0.304. The highest BCUT2D eigenvalue weighted by molar-refractivity contribution is 5.71. The van der Waals surface area contributed by atoms with Crippen molar-refractivity contribution in [3.8, 4) is 22.8 Å². The van der Waals surface area contributed by atoms with Gasteiger partial charge < -0.3 is 29.4 Å². The Bertz CT molecular complexity index is 1280. The van der Waals surface area contributed by atoms with Crippen molar-refractivity contribution < 1.29 is 18.7 Å². The normalized spacial score (nSPS) is 14.0. The number of rotatable bonds is 6. The molecule has 34 heavy (non-hydrogen) atoms. The van der Waals surface area contributed by atoms with Crippen molar-refractivity contribution in [3.63, 3.8) is 0 Å². The van der Waals surface area contributed by atoms with Crippen LogP contribution in [-0.2, 0) is 9.47 Å². The van der Waals surface area contributed by atoms with E-state index in [4.69, 9.17) is 19.6 Å². The third-order valence-corrected chi connectivity index (χ3v) is 5.65. The summed E-state index contributed by atoms with van der Waals surface area (Å²) in [4.78, 5) is 25.2. The van der Waals surface area contributed by atoms with Gasteiger partial charge in [-0.05, 0) is 24.3 Å². The van der Waals surface area contributed by atoms with Gasteiger partial charge in [0, 0.05) is 50.6 Å². The molecule has 4 aromatic rings. The molecule has 0 saturated carbocycles. The van der Waals surface area contributed by atoms with Crippen molar-refractivity contribution in [2.24, 2.45) is 0 Å². The highest BCUT2D eigenvalue weighted by Crippen LogP contribution is 2.27. The second-order valence-electron chi connectivity index (χ2n) is 7.81. The van der Waals surface area contributed by atoms with E-state index >= 15 is 0 Å². The zero-order chi connectivity index (χ0) is 23.5. The maximum absolute atomic E-state index is 12.2. The smallest absolute Gasteiger partial charge is 0.409 e. The molecular weight excluding hydrogens is 438 g/mol.